The van der Waals surface area contributed by atoms with Gasteiger partial charge in [0, 0.05) is 17.7 Å². The van der Waals surface area contributed by atoms with E-state index in [9.17, 15) is 33.2 Å². The number of non-ortho nitro benzene ring substituents is 1. The van der Waals surface area contributed by atoms with Gasteiger partial charge in [0.25, 0.3) is 11.6 Å². The van der Waals surface area contributed by atoms with Crippen molar-refractivity contribution < 1.29 is 32.4 Å². The van der Waals surface area contributed by atoms with E-state index in [1.54, 1.807) is 0 Å². The van der Waals surface area contributed by atoms with Crippen LogP contribution in [0.2, 0.25) is 0 Å². The lowest BCUT2D eigenvalue weighted by Gasteiger charge is -2.07. The number of amides is 1. The standard InChI is InChI=1S/C19H12F3N3O5/c20-19(21,22)12-3-1-2-11(8-12)17-7-5-14(30-17)10-23-24-18(27)15-9-13(25(28)29)4-6-16(15)26/h1-10,26H,(H,24,27)/b23-10-. The SMILES string of the molecule is O=C(N/N=C\c1ccc(-c2cccc(C(F)(F)F)c2)o1)c1cc([N+](=O)[O-])ccc1O. The average molecular weight is 419 g/mol. The van der Waals surface area contributed by atoms with Crippen LogP contribution in [0.3, 0.4) is 0 Å². The molecule has 0 radical (unpaired) electrons. The molecule has 0 unspecified atom stereocenters. The zero-order valence-corrected chi connectivity index (χ0v) is 14.9. The van der Waals surface area contributed by atoms with Crippen LogP contribution in [-0.4, -0.2) is 22.2 Å². The number of nitrogens with zero attached hydrogens (tertiary/aromatic N) is 2. The lowest BCUT2D eigenvalue weighted by atomic mass is 10.1. The molecule has 0 bridgehead atoms. The molecule has 0 atom stereocenters. The van der Waals surface area contributed by atoms with Crippen LogP contribution in [0.25, 0.3) is 11.3 Å². The number of alkyl halides is 3. The first kappa shape index (κ1) is 20.6. The topological polar surface area (TPSA) is 118 Å². The van der Waals surface area contributed by atoms with Gasteiger partial charge < -0.3 is 9.52 Å². The molecule has 0 saturated carbocycles. The monoisotopic (exact) mass is 419 g/mol. The second-order valence-electron chi connectivity index (χ2n) is 5.94. The summed E-state index contributed by atoms with van der Waals surface area (Å²) in [5.41, 5.74) is 0.706. The number of nitro groups is 1. The van der Waals surface area contributed by atoms with E-state index in [0.29, 0.717) is 0 Å². The van der Waals surface area contributed by atoms with Gasteiger partial charge in [-0.25, -0.2) is 5.43 Å². The van der Waals surface area contributed by atoms with Crippen molar-refractivity contribution in [3.8, 4) is 17.1 Å². The zero-order valence-electron chi connectivity index (χ0n) is 14.9. The molecule has 3 aromatic rings. The van der Waals surface area contributed by atoms with E-state index in [1.165, 1.54) is 24.3 Å². The van der Waals surface area contributed by atoms with Crippen LogP contribution >= 0.6 is 0 Å². The minimum atomic E-state index is -4.49. The number of aromatic hydroxyl groups is 1. The van der Waals surface area contributed by atoms with E-state index >= 15 is 0 Å². The number of hydrazone groups is 1. The van der Waals surface area contributed by atoms with Gasteiger partial charge in [-0.2, -0.15) is 18.3 Å². The summed E-state index contributed by atoms with van der Waals surface area (Å²) in [4.78, 5) is 22.1. The predicted octanol–water partition coefficient (Wildman–Crippen LogP) is 4.34. The number of nitro benzene ring substituents is 1. The van der Waals surface area contributed by atoms with Gasteiger partial charge in [-0.3, -0.25) is 14.9 Å². The molecule has 154 valence electrons. The summed E-state index contributed by atoms with van der Waals surface area (Å²) in [6.45, 7) is 0. The predicted molar refractivity (Wildman–Crippen MR) is 99.0 cm³/mol. The van der Waals surface area contributed by atoms with Gasteiger partial charge in [-0.05, 0) is 30.3 Å². The summed E-state index contributed by atoms with van der Waals surface area (Å²) in [6, 6.07) is 10.4. The summed E-state index contributed by atoms with van der Waals surface area (Å²) in [5, 5.41) is 24.1. The number of halogens is 3. The molecule has 11 heteroatoms. The Morgan fingerprint density at radius 1 is 1.17 bits per heavy atom. The number of phenols is 1. The number of rotatable bonds is 5. The average Bonchev–Trinajstić information content (AvgIpc) is 3.16. The number of carbonyl (C=O) groups excluding carboxylic acids is 1. The molecular weight excluding hydrogens is 407 g/mol. The van der Waals surface area contributed by atoms with Gasteiger partial charge in [0.15, 0.2) is 0 Å². The Morgan fingerprint density at radius 2 is 1.93 bits per heavy atom. The normalized spacial score (nSPS) is 11.6. The summed E-state index contributed by atoms with van der Waals surface area (Å²) in [5.74, 6) is -1.09. The van der Waals surface area contributed by atoms with Crippen molar-refractivity contribution in [1.82, 2.24) is 5.43 Å². The first-order valence-electron chi connectivity index (χ1n) is 8.23. The molecule has 8 nitrogen and oxygen atoms in total. The van der Waals surface area contributed by atoms with E-state index in [-0.39, 0.29) is 22.6 Å². The highest BCUT2D eigenvalue weighted by Crippen LogP contribution is 2.32. The highest BCUT2D eigenvalue weighted by Gasteiger charge is 2.30. The Hall–Kier alpha value is -4.15. The third kappa shape index (κ3) is 4.63. The number of phenolic OH excluding ortho intramolecular Hbond substituents is 1. The van der Waals surface area contributed by atoms with Crippen LogP contribution in [0.4, 0.5) is 18.9 Å². The molecule has 0 spiro atoms. The maximum absolute atomic E-state index is 12.8. The molecule has 0 aliphatic heterocycles. The second-order valence-corrected chi connectivity index (χ2v) is 5.94. The van der Waals surface area contributed by atoms with E-state index in [0.717, 1.165) is 36.5 Å². The van der Waals surface area contributed by atoms with Gasteiger partial charge >= 0.3 is 6.18 Å². The van der Waals surface area contributed by atoms with Crippen LogP contribution in [0.5, 0.6) is 5.75 Å². The molecule has 1 aromatic heterocycles. The number of hydrogen-bond donors (Lipinski definition) is 2. The molecular formula is C19H12F3N3O5. The van der Waals surface area contributed by atoms with Gasteiger partial charge in [0.1, 0.15) is 17.3 Å². The second kappa shape index (κ2) is 8.07. The van der Waals surface area contributed by atoms with Crippen molar-refractivity contribution >= 4 is 17.8 Å². The lowest BCUT2D eigenvalue weighted by molar-refractivity contribution is -0.384. The Kier molecular flexibility index (Phi) is 5.54. The van der Waals surface area contributed by atoms with Crippen molar-refractivity contribution in [3.63, 3.8) is 0 Å². The molecule has 0 fully saturated rings. The molecule has 2 aromatic carbocycles. The molecule has 3 rings (SSSR count). The van der Waals surface area contributed by atoms with Crippen molar-refractivity contribution in [2.24, 2.45) is 5.10 Å². The van der Waals surface area contributed by atoms with Gasteiger partial charge in [0.05, 0.1) is 22.3 Å². The smallest absolute Gasteiger partial charge is 0.416 e. The molecule has 30 heavy (non-hydrogen) atoms. The Bertz CT molecular complexity index is 1140. The van der Waals surface area contributed by atoms with Gasteiger partial charge in [-0.1, -0.05) is 12.1 Å². The van der Waals surface area contributed by atoms with E-state index in [4.69, 9.17) is 4.42 Å². The Balaban J connectivity index is 1.72. The maximum atomic E-state index is 12.8. The highest BCUT2D eigenvalue weighted by atomic mass is 19.4. The van der Waals surface area contributed by atoms with Gasteiger partial charge in [-0.15, -0.1) is 0 Å². The van der Waals surface area contributed by atoms with Crippen molar-refractivity contribution in [1.29, 1.82) is 0 Å². The number of hydrogen-bond acceptors (Lipinski definition) is 6. The molecule has 2 N–H and O–H groups in total. The summed E-state index contributed by atoms with van der Waals surface area (Å²) in [6.07, 6.45) is -3.40. The maximum Gasteiger partial charge on any atom is 0.416 e. The van der Waals surface area contributed by atoms with Crippen molar-refractivity contribution in [2.45, 2.75) is 6.18 Å². The largest absolute Gasteiger partial charge is 0.507 e. The van der Waals surface area contributed by atoms with E-state index < -0.39 is 34.0 Å². The lowest BCUT2D eigenvalue weighted by Crippen LogP contribution is -2.17. The highest BCUT2D eigenvalue weighted by molar-refractivity contribution is 5.97. The van der Waals surface area contributed by atoms with Crippen molar-refractivity contribution in [3.05, 3.63) is 81.6 Å². The van der Waals surface area contributed by atoms with Gasteiger partial charge in [0.2, 0.25) is 0 Å². The number of carbonyl (C=O) groups is 1. The number of nitrogens with one attached hydrogen (secondary N) is 1. The molecule has 1 amide bonds. The summed E-state index contributed by atoms with van der Waals surface area (Å²) in [7, 11) is 0. The minimum Gasteiger partial charge on any atom is -0.507 e. The number of benzene rings is 2. The van der Waals surface area contributed by atoms with Crippen LogP contribution < -0.4 is 5.43 Å². The van der Waals surface area contributed by atoms with E-state index in [1.807, 2.05) is 0 Å². The first-order valence-corrected chi connectivity index (χ1v) is 8.23. The third-order valence-corrected chi connectivity index (χ3v) is 3.89. The van der Waals surface area contributed by atoms with Crippen LogP contribution in [0, 0.1) is 10.1 Å². The van der Waals surface area contributed by atoms with Crippen LogP contribution in [0.15, 0.2) is 64.1 Å². The van der Waals surface area contributed by atoms with E-state index in [2.05, 4.69) is 10.5 Å². The summed E-state index contributed by atoms with van der Waals surface area (Å²) < 4.78 is 43.9. The Morgan fingerprint density at radius 3 is 2.63 bits per heavy atom. The minimum absolute atomic E-state index is 0.131. The molecule has 0 aliphatic rings. The fraction of sp³-hybridized carbons (Fsp3) is 0.0526. The quantitative estimate of drug-likeness (QED) is 0.362. The third-order valence-electron chi connectivity index (χ3n) is 3.89. The fourth-order valence-electron chi connectivity index (χ4n) is 2.46. The Labute approximate surface area is 166 Å². The first-order chi connectivity index (χ1) is 14.1. The van der Waals surface area contributed by atoms with Crippen LogP contribution in [0.1, 0.15) is 21.7 Å². The molecule has 0 aliphatic carbocycles. The number of furan rings is 1. The zero-order chi connectivity index (χ0) is 21.9. The fourth-order valence-corrected chi connectivity index (χ4v) is 2.46. The molecule has 0 saturated heterocycles. The summed E-state index contributed by atoms with van der Waals surface area (Å²) >= 11 is 0. The molecule has 1 heterocycles. The van der Waals surface area contributed by atoms with Crippen molar-refractivity contribution in [2.75, 3.05) is 0 Å². The van der Waals surface area contributed by atoms with Crippen LogP contribution in [-0.2, 0) is 6.18 Å².